The molecular formula is C15H12F2O2. The van der Waals surface area contributed by atoms with Crippen molar-refractivity contribution in [3.63, 3.8) is 0 Å². The second-order valence-corrected chi connectivity index (χ2v) is 4.43. The largest absolute Gasteiger partial charge is 0.344 e. The smallest absolute Gasteiger partial charge is 0.184 e. The average Bonchev–Trinajstić information content (AvgIpc) is 2.60. The van der Waals surface area contributed by atoms with Crippen molar-refractivity contribution in [2.75, 3.05) is 0 Å². The van der Waals surface area contributed by atoms with Crippen LogP contribution in [0.2, 0.25) is 0 Å². The van der Waals surface area contributed by atoms with Gasteiger partial charge in [-0.3, -0.25) is 0 Å². The van der Waals surface area contributed by atoms with E-state index in [4.69, 9.17) is 9.47 Å². The summed E-state index contributed by atoms with van der Waals surface area (Å²) in [5, 5.41) is 0. The van der Waals surface area contributed by atoms with Crippen LogP contribution >= 0.6 is 0 Å². The molecule has 1 aliphatic heterocycles. The maximum atomic E-state index is 13.2. The van der Waals surface area contributed by atoms with Crippen molar-refractivity contribution in [2.45, 2.75) is 19.5 Å². The lowest BCUT2D eigenvalue weighted by atomic mass is 10.1. The topological polar surface area (TPSA) is 18.5 Å². The van der Waals surface area contributed by atoms with Gasteiger partial charge in [-0.05, 0) is 23.3 Å². The summed E-state index contributed by atoms with van der Waals surface area (Å²) in [6, 6.07) is 11.0. The van der Waals surface area contributed by atoms with Gasteiger partial charge in [-0.2, -0.15) is 0 Å². The number of fused-ring (bicyclic) bond motifs is 1. The number of ether oxygens (including phenoxy) is 2. The molecule has 0 amide bonds. The van der Waals surface area contributed by atoms with Gasteiger partial charge in [-0.1, -0.05) is 24.3 Å². The van der Waals surface area contributed by atoms with Crippen LogP contribution in [0.1, 0.15) is 23.0 Å². The third kappa shape index (κ3) is 2.64. The fourth-order valence-corrected chi connectivity index (χ4v) is 2.12. The van der Waals surface area contributed by atoms with Crippen molar-refractivity contribution < 1.29 is 18.3 Å². The minimum Gasteiger partial charge on any atom is -0.344 e. The molecule has 0 bridgehead atoms. The Morgan fingerprint density at radius 1 is 0.842 bits per heavy atom. The van der Waals surface area contributed by atoms with Crippen LogP contribution in [0.3, 0.4) is 0 Å². The highest BCUT2D eigenvalue weighted by Crippen LogP contribution is 2.28. The lowest BCUT2D eigenvalue weighted by Gasteiger charge is -2.15. The van der Waals surface area contributed by atoms with E-state index in [9.17, 15) is 8.78 Å². The van der Waals surface area contributed by atoms with E-state index in [0.29, 0.717) is 18.8 Å². The highest BCUT2D eigenvalue weighted by molar-refractivity contribution is 5.27. The van der Waals surface area contributed by atoms with Crippen molar-refractivity contribution in [2.24, 2.45) is 0 Å². The van der Waals surface area contributed by atoms with Crippen LogP contribution in [0.5, 0.6) is 0 Å². The van der Waals surface area contributed by atoms with Crippen LogP contribution in [0.15, 0.2) is 42.5 Å². The summed E-state index contributed by atoms with van der Waals surface area (Å²) in [4.78, 5) is 0. The predicted molar refractivity (Wildman–Crippen MR) is 65.1 cm³/mol. The van der Waals surface area contributed by atoms with Gasteiger partial charge in [0.15, 0.2) is 6.29 Å². The maximum absolute atomic E-state index is 13.2. The molecule has 4 heteroatoms. The first-order valence-electron chi connectivity index (χ1n) is 5.98. The maximum Gasteiger partial charge on any atom is 0.184 e. The van der Waals surface area contributed by atoms with Gasteiger partial charge < -0.3 is 9.47 Å². The molecule has 0 spiro atoms. The second-order valence-electron chi connectivity index (χ2n) is 4.43. The van der Waals surface area contributed by atoms with E-state index in [1.807, 2.05) is 24.3 Å². The Labute approximate surface area is 109 Å². The molecule has 19 heavy (non-hydrogen) atoms. The van der Waals surface area contributed by atoms with Crippen LogP contribution in [0, 0.1) is 11.6 Å². The molecule has 0 unspecified atom stereocenters. The molecule has 0 fully saturated rings. The Hall–Kier alpha value is -1.78. The zero-order chi connectivity index (χ0) is 13.2. The monoisotopic (exact) mass is 262 g/mol. The number of hydrogen-bond donors (Lipinski definition) is 0. The van der Waals surface area contributed by atoms with E-state index < -0.39 is 17.9 Å². The normalized spacial score (nSPS) is 15.9. The second kappa shape index (κ2) is 5.07. The zero-order valence-electron chi connectivity index (χ0n) is 10.1. The zero-order valence-corrected chi connectivity index (χ0v) is 10.1. The van der Waals surface area contributed by atoms with Crippen LogP contribution in [-0.2, 0) is 22.7 Å². The Kier molecular flexibility index (Phi) is 3.27. The summed E-state index contributed by atoms with van der Waals surface area (Å²) in [6.07, 6.45) is -0.752. The van der Waals surface area contributed by atoms with Gasteiger partial charge in [-0.15, -0.1) is 0 Å². The Morgan fingerprint density at radius 3 is 1.89 bits per heavy atom. The van der Waals surface area contributed by atoms with Crippen LogP contribution < -0.4 is 0 Å². The van der Waals surface area contributed by atoms with Gasteiger partial charge in [0.1, 0.15) is 11.6 Å². The van der Waals surface area contributed by atoms with Crippen molar-refractivity contribution in [3.8, 4) is 0 Å². The van der Waals surface area contributed by atoms with Crippen molar-refractivity contribution in [1.82, 2.24) is 0 Å². The first-order valence-corrected chi connectivity index (χ1v) is 5.98. The molecule has 0 aromatic heterocycles. The van der Waals surface area contributed by atoms with E-state index >= 15 is 0 Å². The lowest BCUT2D eigenvalue weighted by Crippen LogP contribution is -2.06. The lowest BCUT2D eigenvalue weighted by molar-refractivity contribution is -0.153. The number of hydrogen-bond acceptors (Lipinski definition) is 2. The highest BCUT2D eigenvalue weighted by atomic mass is 19.1. The van der Waals surface area contributed by atoms with E-state index in [1.165, 1.54) is 12.1 Å². The molecule has 0 saturated carbocycles. The molecular weight excluding hydrogens is 250 g/mol. The van der Waals surface area contributed by atoms with Gasteiger partial charge in [0.05, 0.1) is 13.2 Å². The highest BCUT2D eigenvalue weighted by Gasteiger charge is 2.19. The van der Waals surface area contributed by atoms with Crippen molar-refractivity contribution >= 4 is 0 Å². The van der Waals surface area contributed by atoms with Gasteiger partial charge in [0.25, 0.3) is 0 Å². The van der Waals surface area contributed by atoms with E-state index in [0.717, 1.165) is 17.2 Å². The Bertz CT molecular complexity index is 551. The molecule has 0 N–H and O–H groups in total. The summed E-state index contributed by atoms with van der Waals surface area (Å²) >= 11 is 0. The summed E-state index contributed by atoms with van der Waals surface area (Å²) in [5.41, 5.74) is 2.41. The molecule has 2 nitrogen and oxygen atoms in total. The molecule has 1 heterocycles. The SMILES string of the molecule is Fc1cc(F)cc(C2OCc3ccccc3CO2)c1. The molecule has 98 valence electrons. The first kappa shape index (κ1) is 12.3. The molecule has 0 atom stereocenters. The first-order chi connectivity index (χ1) is 9.22. The van der Waals surface area contributed by atoms with Crippen molar-refractivity contribution in [3.05, 3.63) is 70.8 Å². The minimum absolute atomic E-state index is 0.352. The molecule has 2 aromatic rings. The Balaban J connectivity index is 1.85. The summed E-state index contributed by atoms with van der Waals surface area (Å²) < 4.78 is 37.5. The molecule has 3 rings (SSSR count). The van der Waals surface area contributed by atoms with E-state index in [-0.39, 0.29) is 0 Å². The molecule has 0 saturated heterocycles. The van der Waals surface area contributed by atoms with Crippen LogP contribution in [-0.4, -0.2) is 0 Å². The summed E-state index contributed by atoms with van der Waals surface area (Å²) in [5.74, 6) is -1.27. The third-order valence-electron chi connectivity index (χ3n) is 3.06. The minimum atomic E-state index is -0.752. The standard InChI is InChI=1S/C15H12F2O2/c16-13-5-12(6-14(17)7-13)15-18-8-10-3-1-2-4-11(10)9-19-15/h1-7,15H,8-9H2. The fourth-order valence-electron chi connectivity index (χ4n) is 2.12. The Morgan fingerprint density at radius 2 is 1.37 bits per heavy atom. The van der Waals surface area contributed by atoms with Crippen LogP contribution in [0.25, 0.3) is 0 Å². The van der Waals surface area contributed by atoms with Crippen LogP contribution in [0.4, 0.5) is 8.78 Å². The van der Waals surface area contributed by atoms with Gasteiger partial charge in [0.2, 0.25) is 0 Å². The van der Waals surface area contributed by atoms with E-state index in [2.05, 4.69) is 0 Å². The van der Waals surface area contributed by atoms with Gasteiger partial charge in [0, 0.05) is 11.6 Å². The number of halogens is 2. The predicted octanol–water partition coefficient (Wildman–Crippen LogP) is 3.71. The van der Waals surface area contributed by atoms with Crippen molar-refractivity contribution in [1.29, 1.82) is 0 Å². The van der Waals surface area contributed by atoms with Gasteiger partial charge >= 0.3 is 0 Å². The molecule has 1 aliphatic rings. The average molecular weight is 262 g/mol. The van der Waals surface area contributed by atoms with Gasteiger partial charge in [-0.25, -0.2) is 8.78 Å². The quantitative estimate of drug-likeness (QED) is 0.780. The number of benzene rings is 2. The third-order valence-corrected chi connectivity index (χ3v) is 3.06. The fraction of sp³-hybridized carbons (Fsp3) is 0.200. The summed E-state index contributed by atoms with van der Waals surface area (Å²) in [6.45, 7) is 0.720. The summed E-state index contributed by atoms with van der Waals surface area (Å²) in [7, 11) is 0. The molecule has 2 aromatic carbocycles. The van der Waals surface area contributed by atoms with E-state index in [1.54, 1.807) is 0 Å². The molecule has 0 radical (unpaired) electrons. The number of rotatable bonds is 1. The molecule has 0 aliphatic carbocycles.